The maximum atomic E-state index is 12.1. The summed E-state index contributed by atoms with van der Waals surface area (Å²) in [6.45, 7) is 3.73. The fourth-order valence-electron chi connectivity index (χ4n) is 1.96. The quantitative estimate of drug-likeness (QED) is 0.704. The molecule has 1 aromatic rings. The molecular formula is C17H24N2O5. The van der Waals surface area contributed by atoms with E-state index in [-0.39, 0.29) is 19.1 Å². The number of ether oxygens (including phenoxy) is 2. The third-order valence-electron chi connectivity index (χ3n) is 3.16. The Kier molecular flexibility index (Phi) is 8.32. The molecule has 1 aromatic carbocycles. The molecule has 0 unspecified atom stereocenters. The maximum Gasteiger partial charge on any atom is 0.408 e. The fourth-order valence-corrected chi connectivity index (χ4v) is 1.96. The van der Waals surface area contributed by atoms with E-state index >= 15 is 0 Å². The molecule has 0 aromatic heterocycles. The lowest BCUT2D eigenvalue weighted by Crippen LogP contribution is -2.48. The summed E-state index contributed by atoms with van der Waals surface area (Å²) >= 11 is 0. The highest BCUT2D eigenvalue weighted by molar-refractivity contribution is 5.88. The standard InChI is InChI=1S/C17H24N2O5/c1-12(2)9-14(16(21)18-10-15(20)23-3)19-17(22)24-11-13-7-5-4-6-8-13/h4-8,12,14H,9-11H2,1-3H3,(H,18,21)(H,19,22)/t14-/m0/s1. The molecule has 1 atom stereocenters. The van der Waals surface area contributed by atoms with E-state index < -0.39 is 24.0 Å². The molecule has 7 heteroatoms. The first-order chi connectivity index (χ1) is 11.4. The van der Waals surface area contributed by atoms with Gasteiger partial charge in [0.05, 0.1) is 7.11 Å². The number of carbonyl (C=O) groups excluding carboxylic acids is 3. The summed E-state index contributed by atoms with van der Waals surface area (Å²) in [5.41, 5.74) is 0.850. The average molecular weight is 336 g/mol. The van der Waals surface area contributed by atoms with Gasteiger partial charge in [-0.15, -0.1) is 0 Å². The Morgan fingerprint density at radius 1 is 1.12 bits per heavy atom. The van der Waals surface area contributed by atoms with Gasteiger partial charge in [0.15, 0.2) is 0 Å². The second kappa shape index (κ2) is 10.3. The zero-order chi connectivity index (χ0) is 17.9. The van der Waals surface area contributed by atoms with Crippen LogP contribution in [0, 0.1) is 5.92 Å². The van der Waals surface area contributed by atoms with Crippen molar-refractivity contribution in [3.05, 3.63) is 35.9 Å². The first-order valence-corrected chi connectivity index (χ1v) is 7.74. The predicted octanol–water partition coefficient (Wildman–Crippen LogP) is 1.62. The molecule has 0 heterocycles. The SMILES string of the molecule is COC(=O)CNC(=O)[C@H](CC(C)C)NC(=O)OCc1ccccc1. The first kappa shape index (κ1) is 19.5. The van der Waals surface area contributed by atoms with E-state index in [1.54, 1.807) is 0 Å². The Morgan fingerprint density at radius 3 is 2.38 bits per heavy atom. The Labute approximate surface area is 141 Å². The molecule has 0 saturated carbocycles. The van der Waals surface area contributed by atoms with Crippen LogP contribution in [0.2, 0.25) is 0 Å². The number of benzene rings is 1. The topological polar surface area (TPSA) is 93.7 Å². The van der Waals surface area contributed by atoms with Gasteiger partial charge in [-0.2, -0.15) is 0 Å². The summed E-state index contributed by atoms with van der Waals surface area (Å²) in [4.78, 5) is 35.1. The van der Waals surface area contributed by atoms with Crippen molar-refractivity contribution in [2.24, 2.45) is 5.92 Å². The molecule has 0 spiro atoms. The van der Waals surface area contributed by atoms with Crippen LogP contribution in [0.15, 0.2) is 30.3 Å². The molecular weight excluding hydrogens is 312 g/mol. The minimum absolute atomic E-state index is 0.116. The van der Waals surface area contributed by atoms with Gasteiger partial charge in [0.1, 0.15) is 19.2 Å². The molecule has 2 N–H and O–H groups in total. The Hall–Kier alpha value is -2.57. The summed E-state index contributed by atoms with van der Waals surface area (Å²) < 4.78 is 9.58. The number of hydrogen-bond acceptors (Lipinski definition) is 5. The number of amides is 2. The molecule has 0 fully saturated rings. The van der Waals surface area contributed by atoms with Crippen molar-refractivity contribution in [3.8, 4) is 0 Å². The van der Waals surface area contributed by atoms with E-state index in [1.165, 1.54) is 7.11 Å². The van der Waals surface area contributed by atoms with Crippen molar-refractivity contribution in [2.45, 2.75) is 32.9 Å². The van der Waals surface area contributed by atoms with Crippen molar-refractivity contribution >= 4 is 18.0 Å². The van der Waals surface area contributed by atoms with Crippen molar-refractivity contribution in [1.82, 2.24) is 10.6 Å². The zero-order valence-electron chi connectivity index (χ0n) is 14.2. The molecule has 132 valence electrons. The van der Waals surface area contributed by atoms with Crippen LogP contribution in [-0.4, -0.2) is 37.7 Å². The van der Waals surface area contributed by atoms with Gasteiger partial charge in [-0.25, -0.2) is 4.79 Å². The molecule has 1 rings (SSSR count). The lowest BCUT2D eigenvalue weighted by atomic mass is 10.0. The minimum atomic E-state index is -0.780. The summed E-state index contributed by atoms with van der Waals surface area (Å²) in [7, 11) is 1.24. The van der Waals surface area contributed by atoms with Crippen LogP contribution in [0.1, 0.15) is 25.8 Å². The van der Waals surface area contributed by atoms with E-state index in [0.717, 1.165) is 5.56 Å². The van der Waals surface area contributed by atoms with E-state index in [2.05, 4.69) is 15.4 Å². The van der Waals surface area contributed by atoms with Gasteiger partial charge in [0, 0.05) is 0 Å². The van der Waals surface area contributed by atoms with Gasteiger partial charge >= 0.3 is 12.1 Å². The van der Waals surface area contributed by atoms with Crippen LogP contribution in [0.3, 0.4) is 0 Å². The van der Waals surface area contributed by atoms with E-state index in [9.17, 15) is 14.4 Å². The third kappa shape index (κ3) is 7.62. The van der Waals surface area contributed by atoms with Crippen LogP contribution in [-0.2, 0) is 25.7 Å². The van der Waals surface area contributed by atoms with Crippen LogP contribution in [0.25, 0.3) is 0 Å². The minimum Gasteiger partial charge on any atom is -0.468 e. The van der Waals surface area contributed by atoms with Gasteiger partial charge < -0.3 is 20.1 Å². The van der Waals surface area contributed by atoms with Gasteiger partial charge in [0.25, 0.3) is 0 Å². The van der Waals surface area contributed by atoms with E-state index in [1.807, 2.05) is 44.2 Å². The molecule has 0 aliphatic carbocycles. The highest BCUT2D eigenvalue weighted by Crippen LogP contribution is 2.06. The van der Waals surface area contributed by atoms with E-state index in [4.69, 9.17) is 4.74 Å². The Morgan fingerprint density at radius 2 is 1.79 bits per heavy atom. The fraction of sp³-hybridized carbons (Fsp3) is 0.471. The summed E-state index contributed by atoms with van der Waals surface area (Å²) in [5.74, 6) is -0.836. The van der Waals surface area contributed by atoms with Gasteiger partial charge in [-0.1, -0.05) is 44.2 Å². The third-order valence-corrected chi connectivity index (χ3v) is 3.16. The zero-order valence-corrected chi connectivity index (χ0v) is 14.2. The molecule has 24 heavy (non-hydrogen) atoms. The largest absolute Gasteiger partial charge is 0.468 e. The number of rotatable bonds is 8. The first-order valence-electron chi connectivity index (χ1n) is 7.74. The molecule has 0 bridgehead atoms. The highest BCUT2D eigenvalue weighted by Gasteiger charge is 2.23. The van der Waals surface area contributed by atoms with Crippen LogP contribution < -0.4 is 10.6 Å². The van der Waals surface area contributed by atoms with Gasteiger partial charge in [-0.3, -0.25) is 9.59 Å². The van der Waals surface area contributed by atoms with Crippen LogP contribution >= 0.6 is 0 Å². The molecule has 2 amide bonds. The highest BCUT2D eigenvalue weighted by atomic mass is 16.5. The second-order valence-electron chi connectivity index (χ2n) is 5.68. The summed E-state index contributed by atoms with van der Waals surface area (Å²) in [5, 5.41) is 4.97. The van der Waals surface area contributed by atoms with Crippen molar-refractivity contribution in [2.75, 3.05) is 13.7 Å². The number of methoxy groups -OCH3 is 1. The van der Waals surface area contributed by atoms with Crippen LogP contribution in [0.5, 0.6) is 0 Å². The smallest absolute Gasteiger partial charge is 0.408 e. The molecule has 7 nitrogen and oxygen atoms in total. The molecule has 0 saturated heterocycles. The molecule has 0 aliphatic rings. The van der Waals surface area contributed by atoms with Crippen molar-refractivity contribution < 1.29 is 23.9 Å². The normalized spacial score (nSPS) is 11.5. The molecule has 0 radical (unpaired) electrons. The average Bonchev–Trinajstić information content (AvgIpc) is 2.57. The molecule has 0 aliphatic heterocycles. The van der Waals surface area contributed by atoms with Crippen molar-refractivity contribution in [3.63, 3.8) is 0 Å². The predicted molar refractivity (Wildman–Crippen MR) is 88.0 cm³/mol. The summed E-state index contributed by atoms with van der Waals surface area (Å²) in [6, 6.07) is 8.45. The van der Waals surface area contributed by atoms with Crippen LogP contribution in [0.4, 0.5) is 4.79 Å². The number of nitrogens with one attached hydrogen (secondary N) is 2. The van der Waals surface area contributed by atoms with E-state index in [0.29, 0.717) is 6.42 Å². The number of hydrogen-bond donors (Lipinski definition) is 2. The lowest BCUT2D eigenvalue weighted by molar-refractivity contribution is -0.141. The van der Waals surface area contributed by atoms with Gasteiger partial charge in [-0.05, 0) is 17.9 Å². The summed E-state index contributed by atoms with van der Waals surface area (Å²) in [6.07, 6.45) is -0.259. The Balaban J connectivity index is 2.52. The van der Waals surface area contributed by atoms with Gasteiger partial charge in [0.2, 0.25) is 5.91 Å². The Bertz CT molecular complexity index is 545. The number of carbonyl (C=O) groups is 3. The number of alkyl carbamates (subject to hydrolysis) is 1. The lowest BCUT2D eigenvalue weighted by Gasteiger charge is -2.19. The van der Waals surface area contributed by atoms with Crippen molar-refractivity contribution in [1.29, 1.82) is 0 Å². The maximum absolute atomic E-state index is 12.1. The second-order valence-corrected chi connectivity index (χ2v) is 5.68. The monoisotopic (exact) mass is 336 g/mol. The number of esters is 1.